The Bertz CT molecular complexity index is 488. The van der Waals surface area contributed by atoms with Gasteiger partial charge in [0.25, 0.3) is 0 Å². The van der Waals surface area contributed by atoms with Crippen molar-refractivity contribution in [1.82, 2.24) is 4.90 Å². The predicted octanol–water partition coefficient (Wildman–Crippen LogP) is 2.33. The highest BCUT2D eigenvalue weighted by molar-refractivity contribution is 5.96. The highest BCUT2D eigenvalue weighted by Crippen LogP contribution is 2.18. The van der Waals surface area contributed by atoms with Crippen LogP contribution in [0, 0.1) is 0 Å². The molecule has 3 heteroatoms. The summed E-state index contributed by atoms with van der Waals surface area (Å²) in [5, 5.41) is 0. The van der Waals surface area contributed by atoms with Crippen LogP contribution in [0.2, 0.25) is 0 Å². The maximum Gasteiger partial charge on any atom is 0.195 e. The molecule has 2 heterocycles. The van der Waals surface area contributed by atoms with Crippen molar-refractivity contribution < 1.29 is 4.74 Å². The van der Waals surface area contributed by atoms with Crippen molar-refractivity contribution in [3.63, 3.8) is 0 Å². The molecule has 17 heavy (non-hydrogen) atoms. The normalized spacial score (nSPS) is 17.5. The molecule has 0 saturated carbocycles. The van der Waals surface area contributed by atoms with Gasteiger partial charge in [-0.3, -0.25) is 9.89 Å². The molecule has 1 aromatic carbocycles. The first-order valence-electron chi connectivity index (χ1n) is 5.80. The van der Waals surface area contributed by atoms with Gasteiger partial charge in [-0.15, -0.1) is 0 Å². The zero-order chi connectivity index (χ0) is 11.5. The summed E-state index contributed by atoms with van der Waals surface area (Å²) in [6.45, 7) is 2.37. The van der Waals surface area contributed by atoms with Gasteiger partial charge in [0.2, 0.25) is 0 Å². The Kier molecular flexibility index (Phi) is 2.66. The zero-order valence-corrected chi connectivity index (χ0v) is 9.54. The third-order valence-electron chi connectivity index (χ3n) is 2.85. The summed E-state index contributed by atoms with van der Waals surface area (Å²) in [5.41, 5.74) is 1.18. The third-order valence-corrected chi connectivity index (χ3v) is 2.85. The van der Waals surface area contributed by atoms with E-state index < -0.39 is 0 Å². The maximum atomic E-state index is 5.84. The first-order valence-corrected chi connectivity index (χ1v) is 5.80. The van der Waals surface area contributed by atoms with Gasteiger partial charge in [-0.25, -0.2) is 0 Å². The second-order valence-corrected chi connectivity index (χ2v) is 4.03. The minimum absolute atomic E-state index is 0.601. The number of benzene rings is 1. The van der Waals surface area contributed by atoms with Crippen molar-refractivity contribution in [3.8, 4) is 0 Å². The van der Waals surface area contributed by atoms with Crippen LogP contribution >= 0.6 is 0 Å². The van der Waals surface area contributed by atoms with Gasteiger partial charge >= 0.3 is 0 Å². The van der Waals surface area contributed by atoms with E-state index in [1.54, 1.807) is 0 Å². The average molecular weight is 226 g/mol. The number of amidine groups is 1. The van der Waals surface area contributed by atoms with Gasteiger partial charge in [0, 0.05) is 6.54 Å². The number of hydrogen-bond acceptors (Lipinski definition) is 3. The molecular formula is C14H14N2O. The molecule has 0 amide bonds. The van der Waals surface area contributed by atoms with Crippen LogP contribution in [0.25, 0.3) is 0 Å². The summed E-state index contributed by atoms with van der Waals surface area (Å²) >= 11 is 0. The molecule has 0 aromatic heterocycles. The Hall–Kier alpha value is -2.03. The number of aliphatic imine (C=N–C) groups is 1. The van der Waals surface area contributed by atoms with Crippen LogP contribution in [0.1, 0.15) is 5.56 Å². The topological polar surface area (TPSA) is 24.8 Å². The number of ether oxygens (including phenoxy) is 1. The second-order valence-electron chi connectivity index (χ2n) is 4.03. The fourth-order valence-corrected chi connectivity index (χ4v) is 1.99. The van der Waals surface area contributed by atoms with E-state index in [0.717, 1.165) is 24.8 Å². The summed E-state index contributed by atoms with van der Waals surface area (Å²) in [6, 6.07) is 10.2. The second kappa shape index (κ2) is 4.45. The van der Waals surface area contributed by atoms with Gasteiger partial charge in [-0.1, -0.05) is 36.4 Å². The standard InChI is InChI=1S/C14H14N2O/c1-2-5-12(6-3-1)11-17-14-8-4-7-13-15-9-10-16(13)14/h1-8H,9-11H2. The van der Waals surface area contributed by atoms with Gasteiger partial charge in [-0.2, -0.15) is 0 Å². The molecule has 86 valence electrons. The van der Waals surface area contributed by atoms with Crippen molar-refractivity contribution in [2.75, 3.05) is 13.1 Å². The van der Waals surface area contributed by atoms with Crippen LogP contribution in [0.4, 0.5) is 0 Å². The van der Waals surface area contributed by atoms with E-state index >= 15 is 0 Å². The summed E-state index contributed by atoms with van der Waals surface area (Å²) in [5.74, 6) is 1.91. The minimum atomic E-state index is 0.601. The van der Waals surface area contributed by atoms with E-state index in [1.807, 2.05) is 36.4 Å². The SMILES string of the molecule is C1=CC2=NCCN2C(OCc2ccccc2)=C1. The van der Waals surface area contributed by atoms with E-state index in [0.29, 0.717) is 6.61 Å². The molecule has 1 aromatic rings. The molecule has 0 saturated heterocycles. The number of rotatable bonds is 3. The van der Waals surface area contributed by atoms with E-state index in [9.17, 15) is 0 Å². The van der Waals surface area contributed by atoms with Gasteiger partial charge in [0.05, 0.1) is 6.54 Å². The lowest BCUT2D eigenvalue weighted by molar-refractivity contribution is 0.140. The fraction of sp³-hybridized carbons (Fsp3) is 0.214. The summed E-state index contributed by atoms with van der Waals surface area (Å²) in [6.07, 6.45) is 6.00. The Morgan fingerprint density at radius 1 is 1.24 bits per heavy atom. The lowest BCUT2D eigenvalue weighted by atomic mass is 10.2. The quantitative estimate of drug-likeness (QED) is 0.790. The first kappa shape index (κ1) is 10.1. The molecule has 3 rings (SSSR count). The number of allylic oxidation sites excluding steroid dienone is 2. The van der Waals surface area contributed by atoms with Crippen molar-refractivity contribution >= 4 is 5.84 Å². The Morgan fingerprint density at radius 2 is 2.12 bits per heavy atom. The Balaban J connectivity index is 1.68. The highest BCUT2D eigenvalue weighted by Gasteiger charge is 2.21. The van der Waals surface area contributed by atoms with Gasteiger partial charge < -0.3 is 4.74 Å². The largest absolute Gasteiger partial charge is 0.474 e. The highest BCUT2D eigenvalue weighted by atomic mass is 16.5. The fourth-order valence-electron chi connectivity index (χ4n) is 1.99. The first-order chi connectivity index (χ1) is 8.43. The van der Waals surface area contributed by atoms with Crippen molar-refractivity contribution in [2.45, 2.75) is 6.61 Å². The van der Waals surface area contributed by atoms with E-state index in [1.165, 1.54) is 5.56 Å². The molecule has 3 nitrogen and oxygen atoms in total. The van der Waals surface area contributed by atoms with Crippen molar-refractivity contribution in [3.05, 3.63) is 60.0 Å². The number of hydrogen-bond donors (Lipinski definition) is 0. The monoisotopic (exact) mass is 226 g/mol. The van der Waals surface area contributed by atoms with Crippen LogP contribution in [0.5, 0.6) is 0 Å². The molecule has 0 spiro atoms. The molecule has 0 radical (unpaired) electrons. The Morgan fingerprint density at radius 3 is 3.00 bits per heavy atom. The van der Waals surface area contributed by atoms with E-state index in [4.69, 9.17) is 4.74 Å². The Labute approximate surface area is 101 Å². The van der Waals surface area contributed by atoms with Crippen molar-refractivity contribution in [2.24, 2.45) is 4.99 Å². The van der Waals surface area contributed by atoms with E-state index in [-0.39, 0.29) is 0 Å². The maximum absolute atomic E-state index is 5.84. The molecule has 0 atom stereocenters. The summed E-state index contributed by atoms with van der Waals surface area (Å²) < 4.78 is 5.84. The molecule has 2 aliphatic heterocycles. The van der Waals surface area contributed by atoms with Crippen LogP contribution in [0.15, 0.2) is 59.4 Å². The smallest absolute Gasteiger partial charge is 0.195 e. The van der Waals surface area contributed by atoms with Crippen molar-refractivity contribution in [1.29, 1.82) is 0 Å². The summed E-state index contributed by atoms with van der Waals surface area (Å²) in [7, 11) is 0. The van der Waals surface area contributed by atoms with Gasteiger partial charge in [0.15, 0.2) is 5.88 Å². The molecule has 0 bridgehead atoms. The third kappa shape index (κ3) is 2.09. The molecular weight excluding hydrogens is 212 g/mol. The lowest BCUT2D eigenvalue weighted by Crippen LogP contribution is -2.28. The lowest BCUT2D eigenvalue weighted by Gasteiger charge is -2.24. The van der Waals surface area contributed by atoms with Crippen LogP contribution in [-0.4, -0.2) is 23.8 Å². The average Bonchev–Trinajstić information content (AvgIpc) is 2.86. The van der Waals surface area contributed by atoms with Gasteiger partial charge in [-0.05, 0) is 17.7 Å². The number of fused-ring (bicyclic) bond motifs is 1. The summed E-state index contributed by atoms with van der Waals surface area (Å²) in [4.78, 5) is 6.51. The minimum Gasteiger partial charge on any atom is -0.474 e. The molecule has 0 unspecified atom stereocenters. The predicted molar refractivity (Wildman–Crippen MR) is 67.5 cm³/mol. The number of nitrogens with zero attached hydrogens (tertiary/aromatic N) is 2. The molecule has 2 aliphatic rings. The van der Waals surface area contributed by atoms with Crippen LogP contribution in [0.3, 0.4) is 0 Å². The molecule has 0 aliphatic carbocycles. The molecule has 0 N–H and O–H groups in total. The zero-order valence-electron chi connectivity index (χ0n) is 9.54. The van der Waals surface area contributed by atoms with Gasteiger partial charge in [0.1, 0.15) is 12.4 Å². The van der Waals surface area contributed by atoms with Crippen LogP contribution in [-0.2, 0) is 11.3 Å². The molecule has 0 fully saturated rings. The van der Waals surface area contributed by atoms with Crippen LogP contribution < -0.4 is 0 Å². The van der Waals surface area contributed by atoms with E-state index in [2.05, 4.69) is 22.0 Å².